The highest BCUT2D eigenvalue weighted by molar-refractivity contribution is 6.25. The summed E-state index contributed by atoms with van der Waals surface area (Å²) >= 11 is 0. The van der Waals surface area contributed by atoms with Crippen LogP contribution in [-0.4, -0.2) is 17.2 Å². The molecule has 164 valence electrons. The Labute approximate surface area is 186 Å². The second-order valence-corrected chi connectivity index (χ2v) is 9.05. The minimum Gasteiger partial charge on any atom is -0.479 e. The van der Waals surface area contributed by atoms with Crippen molar-refractivity contribution in [2.75, 3.05) is 0 Å². The maximum atomic E-state index is 13.5. The van der Waals surface area contributed by atoms with E-state index in [0.717, 1.165) is 37.7 Å². The number of Topliss-reactive ketones (excluding diaryl/α,β-unsaturated/α-hetero) is 2. The van der Waals surface area contributed by atoms with Crippen LogP contribution < -0.4 is 0 Å². The Hall–Kier alpha value is -2.68. The molecule has 0 aromatic heterocycles. The van der Waals surface area contributed by atoms with Crippen molar-refractivity contribution in [1.29, 1.82) is 0 Å². The second kappa shape index (κ2) is 10.1. The third-order valence-corrected chi connectivity index (χ3v) is 5.99. The van der Waals surface area contributed by atoms with Gasteiger partial charge in [0.15, 0.2) is 11.5 Å². The van der Waals surface area contributed by atoms with Crippen molar-refractivity contribution >= 4 is 11.6 Å². The van der Waals surface area contributed by atoms with Crippen molar-refractivity contribution in [2.24, 2.45) is 0 Å². The third-order valence-electron chi connectivity index (χ3n) is 5.99. The first-order valence-electron chi connectivity index (χ1n) is 11.5. The van der Waals surface area contributed by atoms with Gasteiger partial charge in [0.1, 0.15) is 5.60 Å². The first kappa shape index (κ1) is 23.0. The van der Waals surface area contributed by atoms with Gasteiger partial charge in [-0.15, -0.1) is 0 Å². The average molecular weight is 419 g/mol. The molecule has 1 aliphatic carbocycles. The van der Waals surface area contributed by atoms with Crippen LogP contribution in [0.2, 0.25) is 0 Å². The van der Waals surface area contributed by atoms with Gasteiger partial charge in [0.25, 0.3) is 0 Å². The average Bonchev–Trinajstić information content (AvgIpc) is 2.74. The molecule has 0 saturated carbocycles. The van der Waals surface area contributed by atoms with Crippen molar-refractivity contribution < 1.29 is 14.3 Å². The number of unbranched alkanes of at least 4 members (excludes halogenated alkanes) is 2. The molecule has 0 spiro atoms. The molecule has 1 aliphatic heterocycles. The molecule has 1 heterocycles. The summed E-state index contributed by atoms with van der Waals surface area (Å²) in [6.45, 7) is 8.28. The number of ketones is 2. The monoisotopic (exact) mass is 418 g/mol. The highest BCUT2D eigenvalue weighted by Gasteiger charge is 2.40. The van der Waals surface area contributed by atoms with E-state index in [1.165, 1.54) is 5.57 Å². The summed E-state index contributed by atoms with van der Waals surface area (Å²) in [6, 6.07) is 9.90. The molecule has 1 aromatic carbocycles. The van der Waals surface area contributed by atoms with Crippen LogP contribution in [0.5, 0.6) is 0 Å². The standard InChI is InChI=1S/C28H34O3/c1-5-6-8-15-22-24(19-21-13-9-7-10-14-21)25(29)23-16-18-28(4,17-11-12-20(2)3)31-27(23)26(22)30/h7,9-10,12-14,16,18H,5-6,8,11,15,17,19H2,1-4H3/t28-/m1/s1. The van der Waals surface area contributed by atoms with Crippen LogP contribution in [0.4, 0.5) is 0 Å². The molecule has 1 aromatic rings. The number of allylic oxidation sites excluding steroid dienone is 6. The van der Waals surface area contributed by atoms with Gasteiger partial charge >= 0.3 is 0 Å². The molecule has 3 nitrogen and oxygen atoms in total. The van der Waals surface area contributed by atoms with Gasteiger partial charge in [0, 0.05) is 17.6 Å². The Morgan fingerprint density at radius 2 is 1.77 bits per heavy atom. The van der Waals surface area contributed by atoms with Crippen LogP contribution in [0, 0.1) is 0 Å². The summed E-state index contributed by atoms with van der Waals surface area (Å²) in [6.07, 6.45) is 11.7. The maximum absolute atomic E-state index is 13.5. The van der Waals surface area contributed by atoms with Crippen LogP contribution in [0.3, 0.4) is 0 Å². The number of hydrogen-bond acceptors (Lipinski definition) is 3. The molecule has 31 heavy (non-hydrogen) atoms. The lowest BCUT2D eigenvalue weighted by atomic mass is 9.80. The molecule has 0 N–H and O–H groups in total. The Bertz CT molecular complexity index is 955. The van der Waals surface area contributed by atoms with E-state index >= 15 is 0 Å². The van der Waals surface area contributed by atoms with E-state index in [2.05, 4.69) is 26.8 Å². The van der Waals surface area contributed by atoms with Crippen LogP contribution in [-0.2, 0) is 20.7 Å². The molecular weight excluding hydrogens is 384 g/mol. The molecule has 0 saturated heterocycles. The van der Waals surface area contributed by atoms with Crippen LogP contribution in [0.15, 0.2) is 76.6 Å². The van der Waals surface area contributed by atoms with Gasteiger partial charge in [-0.25, -0.2) is 0 Å². The second-order valence-electron chi connectivity index (χ2n) is 9.05. The van der Waals surface area contributed by atoms with E-state index in [4.69, 9.17) is 4.74 Å². The van der Waals surface area contributed by atoms with Gasteiger partial charge in [0.2, 0.25) is 5.78 Å². The molecule has 0 bridgehead atoms. The lowest BCUT2D eigenvalue weighted by Gasteiger charge is -2.34. The first-order chi connectivity index (χ1) is 14.8. The molecule has 0 radical (unpaired) electrons. The molecule has 2 aliphatic rings. The zero-order valence-electron chi connectivity index (χ0n) is 19.3. The smallest absolute Gasteiger partial charge is 0.224 e. The fourth-order valence-corrected chi connectivity index (χ4v) is 4.16. The Morgan fingerprint density at radius 1 is 1.03 bits per heavy atom. The SMILES string of the molecule is CCCCCC1=C(Cc2ccccc2)C(=O)C2=C(O[C@](C)(CCC=C(C)C)C=C2)C1=O. The lowest BCUT2D eigenvalue weighted by molar-refractivity contribution is -0.121. The summed E-state index contributed by atoms with van der Waals surface area (Å²) in [5.41, 5.74) is 3.42. The number of rotatable bonds is 9. The first-order valence-corrected chi connectivity index (χ1v) is 11.5. The van der Waals surface area contributed by atoms with Gasteiger partial charge in [-0.1, -0.05) is 61.7 Å². The highest BCUT2D eigenvalue weighted by atomic mass is 16.5. The number of carbonyl (C=O) groups excluding carboxylic acids is 2. The maximum Gasteiger partial charge on any atom is 0.224 e. The predicted octanol–water partition coefficient (Wildman–Crippen LogP) is 6.60. The van der Waals surface area contributed by atoms with Gasteiger partial charge in [-0.2, -0.15) is 0 Å². The predicted molar refractivity (Wildman–Crippen MR) is 126 cm³/mol. The molecule has 0 amide bonds. The van der Waals surface area contributed by atoms with Crippen molar-refractivity contribution in [1.82, 2.24) is 0 Å². The van der Waals surface area contributed by atoms with Gasteiger partial charge < -0.3 is 4.74 Å². The minimum atomic E-state index is -0.577. The van der Waals surface area contributed by atoms with Crippen LogP contribution >= 0.6 is 0 Å². The summed E-state index contributed by atoms with van der Waals surface area (Å²) in [5.74, 6) is 0.0810. The number of hydrogen-bond donors (Lipinski definition) is 0. The van der Waals surface area contributed by atoms with E-state index in [1.54, 1.807) is 0 Å². The molecule has 1 atom stereocenters. The minimum absolute atomic E-state index is 0.0625. The van der Waals surface area contributed by atoms with Crippen molar-refractivity contribution in [3.63, 3.8) is 0 Å². The van der Waals surface area contributed by atoms with Crippen LogP contribution in [0.1, 0.15) is 71.8 Å². The molecule has 0 unspecified atom stereocenters. The van der Waals surface area contributed by atoms with Crippen molar-refractivity contribution in [3.8, 4) is 0 Å². The van der Waals surface area contributed by atoms with E-state index in [0.29, 0.717) is 29.6 Å². The van der Waals surface area contributed by atoms with E-state index < -0.39 is 5.60 Å². The molecule has 3 rings (SSSR count). The summed E-state index contributed by atoms with van der Waals surface area (Å²) in [4.78, 5) is 27.0. The van der Waals surface area contributed by atoms with Gasteiger partial charge in [0.05, 0.1) is 5.57 Å². The summed E-state index contributed by atoms with van der Waals surface area (Å²) in [7, 11) is 0. The van der Waals surface area contributed by atoms with Crippen molar-refractivity contribution in [3.05, 3.63) is 82.2 Å². The van der Waals surface area contributed by atoms with E-state index in [1.807, 2.05) is 49.4 Å². The summed E-state index contributed by atoms with van der Waals surface area (Å²) in [5, 5.41) is 0. The number of ether oxygens (including phenoxy) is 1. The lowest BCUT2D eigenvalue weighted by Crippen LogP contribution is -2.35. The molecule has 3 heteroatoms. The fourth-order valence-electron chi connectivity index (χ4n) is 4.16. The quantitative estimate of drug-likeness (QED) is 0.258. The number of benzene rings is 1. The zero-order valence-corrected chi connectivity index (χ0v) is 19.3. The Balaban J connectivity index is 1.89. The zero-order chi connectivity index (χ0) is 22.4. The topological polar surface area (TPSA) is 43.4 Å². The fraction of sp³-hybridized carbons (Fsp3) is 0.429. The van der Waals surface area contributed by atoms with E-state index in [-0.39, 0.29) is 17.3 Å². The third kappa shape index (κ3) is 5.52. The Kier molecular flexibility index (Phi) is 7.48. The van der Waals surface area contributed by atoms with E-state index in [9.17, 15) is 9.59 Å². The van der Waals surface area contributed by atoms with Crippen LogP contribution in [0.25, 0.3) is 0 Å². The normalized spacial score (nSPS) is 20.6. The molecule has 0 fully saturated rings. The Morgan fingerprint density at radius 3 is 2.45 bits per heavy atom. The van der Waals surface area contributed by atoms with Gasteiger partial charge in [-0.3, -0.25) is 9.59 Å². The summed E-state index contributed by atoms with van der Waals surface area (Å²) < 4.78 is 6.24. The molecular formula is C28H34O3. The highest BCUT2D eigenvalue weighted by Crippen LogP contribution is 2.38. The van der Waals surface area contributed by atoms with Gasteiger partial charge in [-0.05, 0) is 64.2 Å². The van der Waals surface area contributed by atoms with Crippen molar-refractivity contribution in [2.45, 2.75) is 78.2 Å². The number of carbonyl (C=O) groups is 2. The largest absolute Gasteiger partial charge is 0.479 e.